The number of benzene rings is 1. The molecule has 1 aromatic rings. The van der Waals surface area contributed by atoms with Crippen LogP contribution in [0.15, 0.2) is 18.2 Å². The van der Waals surface area contributed by atoms with Crippen molar-refractivity contribution in [3.05, 3.63) is 34.9 Å². The second-order valence-corrected chi connectivity index (χ2v) is 4.57. The fourth-order valence-electron chi connectivity index (χ4n) is 2.86. The van der Waals surface area contributed by atoms with Gasteiger partial charge in [-0.25, -0.2) is 0 Å². The maximum Gasteiger partial charge on any atom is 0.416 e. The zero-order valence-electron chi connectivity index (χ0n) is 8.64. The highest BCUT2D eigenvalue weighted by Crippen LogP contribution is 2.46. The average molecular weight is 227 g/mol. The first-order chi connectivity index (χ1) is 7.55. The monoisotopic (exact) mass is 227 g/mol. The molecule has 2 aliphatic rings. The summed E-state index contributed by atoms with van der Waals surface area (Å²) in [6, 6.07) is 4.45. The van der Waals surface area contributed by atoms with E-state index in [2.05, 4.69) is 5.32 Å². The lowest BCUT2D eigenvalue weighted by molar-refractivity contribution is -0.137. The summed E-state index contributed by atoms with van der Waals surface area (Å²) in [7, 11) is 0. The number of hydrogen-bond acceptors (Lipinski definition) is 1. The van der Waals surface area contributed by atoms with E-state index in [0.717, 1.165) is 30.5 Å². The minimum Gasteiger partial charge on any atom is -0.310 e. The van der Waals surface area contributed by atoms with Crippen molar-refractivity contribution in [2.75, 3.05) is 6.54 Å². The van der Waals surface area contributed by atoms with Crippen LogP contribution in [0.4, 0.5) is 13.2 Å². The topological polar surface area (TPSA) is 12.0 Å². The molecule has 1 aliphatic carbocycles. The lowest BCUT2D eigenvalue weighted by atomic mass is 9.95. The van der Waals surface area contributed by atoms with Gasteiger partial charge < -0.3 is 5.32 Å². The molecule has 0 radical (unpaired) electrons. The third kappa shape index (κ3) is 1.44. The Kier molecular flexibility index (Phi) is 2.05. The van der Waals surface area contributed by atoms with Gasteiger partial charge >= 0.3 is 6.18 Å². The lowest BCUT2D eigenvalue weighted by Gasteiger charge is -2.20. The maximum atomic E-state index is 12.6. The Labute approximate surface area is 91.7 Å². The van der Waals surface area contributed by atoms with Gasteiger partial charge in [-0.3, -0.25) is 0 Å². The zero-order chi connectivity index (χ0) is 11.3. The molecule has 1 fully saturated rings. The van der Waals surface area contributed by atoms with E-state index in [-0.39, 0.29) is 6.04 Å². The molecular weight excluding hydrogens is 215 g/mol. The average Bonchev–Trinajstić information content (AvgIpc) is 2.50. The SMILES string of the molecule is FC(F)(F)c1ccc2c(c1)C1CCNC2C1. The summed E-state index contributed by atoms with van der Waals surface area (Å²) in [6.45, 7) is 0.908. The van der Waals surface area contributed by atoms with E-state index >= 15 is 0 Å². The number of alkyl halides is 3. The summed E-state index contributed by atoms with van der Waals surface area (Å²) >= 11 is 0. The van der Waals surface area contributed by atoms with Crippen LogP contribution in [0.25, 0.3) is 0 Å². The Morgan fingerprint density at radius 2 is 2.00 bits per heavy atom. The predicted molar refractivity (Wildman–Crippen MR) is 54.2 cm³/mol. The number of halogens is 3. The number of rotatable bonds is 0. The van der Waals surface area contributed by atoms with E-state index in [0.29, 0.717) is 5.92 Å². The van der Waals surface area contributed by atoms with Gasteiger partial charge in [0.1, 0.15) is 0 Å². The first-order valence-electron chi connectivity index (χ1n) is 5.50. The molecule has 0 saturated carbocycles. The highest BCUT2D eigenvalue weighted by atomic mass is 19.4. The predicted octanol–water partition coefficient (Wildman–Crippen LogP) is 3.23. The van der Waals surface area contributed by atoms with Crippen molar-refractivity contribution in [2.45, 2.75) is 31.0 Å². The molecule has 0 spiro atoms. The zero-order valence-corrected chi connectivity index (χ0v) is 8.64. The van der Waals surface area contributed by atoms with Gasteiger partial charge in [0.25, 0.3) is 0 Å². The molecule has 2 bridgehead atoms. The summed E-state index contributed by atoms with van der Waals surface area (Å²) in [4.78, 5) is 0. The molecular formula is C12H12F3N. The smallest absolute Gasteiger partial charge is 0.310 e. The van der Waals surface area contributed by atoms with Crippen molar-refractivity contribution in [1.82, 2.24) is 5.32 Å². The van der Waals surface area contributed by atoms with Crippen LogP contribution in [0.1, 0.15) is 41.5 Å². The normalized spacial score (nSPS) is 27.9. The molecule has 1 nitrogen and oxygen atoms in total. The highest BCUT2D eigenvalue weighted by Gasteiger charge is 2.37. The summed E-state index contributed by atoms with van der Waals surface area (Å²) in [5.41, 5.74) is 1.46. The van der Waals surface area contributed by atoms with E-state index in [1.807, 2.05) is 0 Å². The lowest BCUT2D eigenvalue weighted by Crippen LogP contribution is -2.24. The van der Waals surface area contributed by atoms with Crippen LogP contribution in [0.2, 0.25) is 0 Å². The van der Waals surface area contributed by atoms with Crippen LogP contribution in [0.3, 0.4) is 0 Å². The van der Waals surface area contributed by atoms with Crippen LogP contribution in [-0.2, 0) is 6.18 Å². The second kappa shape index (κ2) is 3.23. The van der Waals surface area contributed by atoms with E-state index in [4.69, 9.17) is 0 Å². The molecule has 1 aromatic carbocycles. The molecule has 3 rings (SSSR count). The van der Waals surface area contributed by atoms with Crippen molar-refractivity contribution >= 4 is 0 Å². The van der Waals surface area contributed by atoms with Gasteiger partial charge in [0.05, 0.1) is 5.56 Å². The van der Waals surface area contributed by atoms with Gasteiger partial charge in [-0.15, -0.1) is 0 Å². The fraction of sp³-hybridized carbons (Fsp3) is 0.500. The Morgan fingerprint density at radius 1 is 1.19 bits per heavy atom. The van der Waals surface area contributed by atoms with Gasteiger partial charge in [0.15, 0.2) is 0 Å². The van der Waals surface area contributed by atoms with Crippen molar-refractivity contribution in [1.29, 1.82) is 0 Å². The third-order valence-electron chi connectivity index (χ3n) is 3.63. The van der Waals surface area contributed by atoms with Gasteiger partial charge in [0.2, 0.25) is 0 Å². The van der Waals surface area contributed by atoms with E-state index in [1.165, 1.54) is 12.1 Å². The largest absolute Gasteiger partial charge is 0.416 e. The minimum atomic E-state index is -4.22. The van der Waals surface area contributed by atoms with Crippen LogP contribution in [-0.4, -0.2) is 6.54 Å². The molecule has 2 atom stereocenters. The van der Waals surface area contributed by atoms with Crippen LogP contribution >= 0.6 is 0 Å². The standard InChI is InChI=1S/C12H12F3N/c13-12(14,15)8-1-2-9-10(6-8)7-3-4-16-11(9)5-7/h1-2,6-7,11,16H,3-5H2. The quantitative estimate of drug-likeness (QED) is 0.717. The van der Waals surface area contributed by atoms with Crippen molar-refractivity contribution in [2.24, 2.45) is 0 Å². The third-order valence-corrected chi connectivity index (χ3v) is 3.63. The van der Waals surface area contributed by atoms with Gasteiger partial charge in [-0.05, 0) is 48.6 Å². The van der Waals surface area contributed by atoms with Crippen molar-refractivity contribution in [3.63, 3.8) is 0 Å². The number of fused-ring (bicyclic) bond motifs is 5. The molecule has 0 aromatic heterocycles. The molecule has 1 aliphatic heterocycles. The van der Waals surface area contributed by atoms with Crippen molar-refractivity contribution < 1.29 is 13.2 Å². The van der Waals surface area contributed by atoms with Crippen molar-refractivity contribution in [3.8, 4) is 0 Å². The number of nitrogens with one attached hydrogen (secondary N) is 1. The molecule has 4 heteroatoms. The molecule has 86 valence electrons. The molecule has 0 amide bonds. The molecule has 16 heavy (non-hydrogen) atoms. The number of piperidine rings is 1. The molecule has 2 unspecified atom stereocenters. The van der Waals surface area contributed by atoms with Gasteiger partial charge in [-0.2, -0.15) is 13.2 Å². The summed E-state index contributed by atoms with van der Waals surface area (Å²) in [5, 5.41) is 3.34. The molecule has 1 N–H and O–H groups in total. The maximum absolute atomic E-state index is 12.6. The Morgan fingerprint density at radius 3 is 2.75 bits per heavy atom. The first-order valence-corrected chi connectivity index (χ1v) is 5.50. The van der Waals surface area contributed by atoms with E-state index in [9.17, 15) is 13.2 Å². The Bertz CT molecular complexity index is 425. The van der Waals surface area contributed by atoms with Crippen LogP contribution in [0, 0.1) is 0 Å². The van der Waals surface area contributed by atoms with Crippen LogP contribution < -0.4 is 5.32 Å². The van der Waals surface area contributed by atoms with Gasteiger partial charge in [-0.1, -0.05) is 6.07 Å². The Balaban J connectivity index is 2.07. The fourth-order valence-corrected chi connectivity index (χ4v) is 2.86. The molecule has 1 saturated heterocycles. The van der Waals surface area contributed by atoms with E-state index < -0.39 is 11.7 Å². The summed E-state index contributed by atoms with van der Waals surface area (Å²) in [5.74, 6) is 0.323. The van der Waals surface area contributed by atoms with Crippen LogP contribution in [0.5, 0.6) is 0 Å². The minimum absolute atomic E-state index is 0.274. The van der Waals surface area contributed by atoms with E-state index in [1.54, 1.807) is 6.07 Å². The first kappa shape index (κ1) is 10.1. The second-order valence-electron chi connectivity index (χ2n) is 4.57. The summed E-state index contributed by atoms with van der Waals surface area (Å²) in [6.07, 6.45) is -2.32. The molecule has 1 heterocycles. The highest BCUT2D eigenvalue weighted by molar-refractivity contribution is 5.42. The van der Waals surface area contributed by atoms with Gasteiger partial charge in [0, 0.05) is 6.04 Å². The number of hydrogen-bond donors (Lipinski definition) is 1. The Hall–Kier alpha value is -1.03. The summed E-state index contributed by atoms with van der Waals surface area (Å²) < 4.78 is 37.8.